The lowest BCUT2D eigenvalue weighted by Crippen LogP contribution is -2.00. The van der Waals surface area contributed by atoms with Crippen LogP contribution in [0.3, 0.4) is 0 Å². The Morgan fingerprint density at radius 2 is 2.06 bits per heavy atom. The van der Waals surface area contributed by atoms with Crippen molar-refractivity contribution in [3.8, 4) is 0 Å². The maximum atomic E-state index is 9.48. The summed E-state index contributed by atoms with van der Waals surface area (Å²) in [7, 11) is 0. The van der Waals surface area contributed by atoms with Crippen LogP contribution < -0.4 is 0 Å². The number of rotatable bonds is 2. The van der Waals surface area contributed by atoms with E-state index >= 15 is 0 Å². The first kappa shape index (κ1) is 11.0. The predicted molar refractivity (Wildman–Crippen MR) is 66.3 cm³/mol. The number of para-hydroxylation sites is 1. The van der Waals surface area contributed by atoms with Gasteiger partial charge in [0.2, 0.25) is 0 Å². The fourth-order valence-corrected chi connectivity index (χ4v) is 1.72. The number of aryl methyl sites for hydroxylation is 1. The molecule has 2 aromatic rings. The van der Waals surface area contributed by atoms with Crippen LogP contribution in [-0.4, -0.2) is 11.2 Å². The van der Waals surface area contributed by atoms with Crippen LogP contribution in [0, 0.1) is 6.92 Å². The van der Waals surface area contributed by atoms with Crippen LogP contribution in [0.15, 0.2) is 34.3 Å². The molecule has 0 amide bonds. The molecule has 0 saturated carbocycles. The van der Waals surface area contributed by atoms with E-state index in [0.29, 0.717) is 0 Å². The topological polar surface area (TPSA) is 33.4 Å². The summed E-state index contributed by atoms with van der Waals surface area (Å²) in [5.41, 5.74) is 2.90. The van der Waals surface area contributed by atoms with E-state index in [-0.39, 0.29) is 0 Å². The van der Waals surface area contributed by atoms with Gasteiger partial charge in [0, 0.05) is 10.9 Å². The zero-order valence-corrected chi connectivity index (χ0v) is 9.82. The number of aliphatic hydroxyl groups is 1. The third-order valence-electron chi connectivity index (χ3n) is 2.85. The van der Waals surface area contributed by atoms with Gasteiger partial charge < -0.3 is 9.52 Å². The molecular weight excluding hydrogens is 200 g/mol. The summed E-state index contributed by atoms with van der Waals surface area (Å²) < 4.78 is 5.65. The van der Waals surface area contributed by atoms with E-state index in [1.165, 1.54) is 0 Å². The van der Waals surface area contributed by atoms with Gasteiger partial charge in [0.25, 0.3) is 0 Å². The Morgan fingerprint density at radius 3 is 2.75 bits per heavy atom. The molecule has 0 fully saturated rings. The lowest BCUT2D eigenvalue weighted by atomic mass is 10.1. The fraction of sp³-hybridized carbons (Fsp3) is 0.286. The Labute approximate surface area is 95.2 Å². The second kappa shape index (κ2) is 4.14. The lowest BCUT2D eigenvalue weighted by molar-refractivity contribution is 0.232. The first-order valence-corrected chi connectivity index (χ1v) is 5.44. The molecule has 1 aromatic carbocycles. The average Bonchev–Trinajstić information content (AvgIpc) is 2.55. The van der Waals surface area contributed by atoms with E-state index in [2.05, 4.69) is 0 Å². The Balaban J connectivity index is 2.60. The maximum Gasteiger partial charge on any atom is 0.134 e. The molecule has 1 heterocycles. The van der Waals surface area contributed by atoms with E-state index < -0.39 is 6.10 Å². The number of hydrogen-bond acceptors (Lipinski definition) is 2. The van der Waals surface area contributed by atoms with Crippen LogP contribution in [0.1, 0.15) is 25.2 Å². The van der Waals surface area contributed by atoms with Gasteiger partial charge in [-0.3, -0.25) is 0 Å². The summed E-state index contributed by atoms with van der Waals surface area (Å²) in [6, 6.07) is 7.94. The van der Waals surface area contributed by atoms with Gasteiger partial charge in [-0.05, 0) is 38.5 Å². The second-order valence-corrected chi connectivity index (χ2v) is 4.13. The van der Waals surface area contributed by atoms with E-state index in [1.807, 2.05) is 44.2 Å². The molecule has 1 atom stereocenters. The molecule has 0 saturated heterocycles. The fourth-order valence-electron chi connectivity index (χ4n) is 1.72. The van der Waals surface area contributed by atoms with Crippen LogP contribution in [0.2, 0.25) is 0 Å². The van der Waals surface area contributed by atoms with Gasteiger partial charge in [0.05, 0.1) is 6.10 Å². The van der Waals surface area contributed by atoms with Gasteiger partial charge in [-0.15, -0.1) is 0 Å². The number of aliphatic hydroxyl groups excluding tert-OH is 1. The molecule has 0 aliphatic carbocycles. The van der Waals surface area contributed by atoms with E-state index in [9.17, 15) is 5.11 Å². The number of furan rings is 1. The van der Waals surface area contributed by atoms with Crippen molar-refractivity contribution >= 4 is 17.0 Å². The average molecular weight is 216 g/mol. The maximum absolute atomic E-state index is 9.48. The Kier molecular flexibility index (Phi) is 2.84. The molecular formula is C14H16O2. The molecule has 1 aromatic heterocycles. The summed E-state index contributed by atoms with van der Waals surface area (Å²) in [6.45, 7) is 5.64. The molecule has 2 heteroatoms. The van der Waals surface area contributed by atoms with E-state index in [0.717, 1.165) is 27.9 Å². The Bertz CT molecular complexity index is 533. The Hall–Kier alpha value is -1.54. The number of hydrogen-bond donors (Lipinski definition) is 1. The molecule has 2 nitrogen and oxygen atoms in total. The summed E-state index contributed by atoms with van der Waals surface area (Å²) in [6.07, 6.45) is 1.57. The van der Waals surface area contributed by atoms with Gasteiger partial charge in [-0.1, -0.05) is 18.2 Å². The normalized spacial score (nSPS) is 14.4. The van der Waals surface area contributed by atoms with Crippen molar-refractivity contribution in [1.82, 2.24) is 0 Å². The summed E-state index contributed by atoms with van der Waals surface area (Å²) in [5, 5.41) is 10.6. The zero-order valence-electron chi connectivity index (χ0n) is 9.82. The van der Waals surface area contributed by atoms with E-state index in [1.54, 1.807) is 6.92 Å². The SMILES string of the molecule is C/C(=C\c1c(C)oc2ccccc12)C(C)O. The highest BCUT2D eigenvalue weighted by molar-refractivity contribution is 5.88. The van der Waals surface area contributed by atoms with Crippen molar-refractivity contribution in [2.75, 3.05) is 0 Å². The summed E-state index contributed by atoms with van der Waals surface area (Å²) in [4.78, 5) is 0. The minimum atomic E-state index is -0.423. The largest absolute Gasteiger partial charge is 0.461 e. The van der Waals surface area contributed by atoms with Gasteiger partial charge in [0.15, 0.2) is 0 Å². The first-order valence-electron chi connectivity index (χ1n) is 5.44. The van der Waals surface area contributed by atoms with Crippen molar-refractivity contribution in [3.05, 3.63) is 41.2 Å². The minimum Gasteiger partial charge on any atom is -0.461 e. The molecule has 1 N–H and O–H groups in total. The van der Waals surface area contributed by atoms with E-state index in [4.69, 9.17) is 4.42 Å². The van der Waals surface area contributed by atoms with Crippen molar-refractivity contribution < 1.29 is 9.52 Å². The predicted octanol–water partition coefficient (Wildman–Crippen LogP) is 3.53. The van der Waals surface area contributed by atoms with Crippen LogP contribution in [0.25, 0.3) is 17.0 Å². The van der Waals surface area contributed by atoms with Crippen molar-refractivity contribution in [3.63, 3.8) is 0 Å². The summed E-state index contributed by atoms with van der Waals surface area (Å²) >= 11 is 0. The number of benzene rings is 1. The van der Waals surface area contributed by atoms with Crippen molar-refractivity contribution in [2.45, 2.75) is 26.9 Å². The first-order chi connectivity index (χ1) is 7.59. The molecule has 0 radical (unpaired) electrons. The van der Waals surface area contributed by atoms with Crippen LogP contribution in [0.4, 0.5) is 0 Å². The quantitative estimate of drug-likeness (QED) is 0.833. The van der Waals surface area contributed by atoms with Gasteiger partial charge in [-0.25, -0.2) is 0 Å². The molecule has 0 aliphatic rings. The number of fused-ring (bicyclic) bond motifs is 1. The van der Waals surface area contributed by atoms with Gasteiger partial charge in [-0.2, -0.15) is 0 Å². The highest BCUT2D eigenvalue weighted by Crippen LogP contribution is 2.27. The zero-order chi connectivity index (χ0) is 11.7. The van der Waals surface area contributed by atoms with Crippen molar-refractivity contribution in [1.29, 1.82) is 0 Å². The molecule has 0 bridgehead atoms. The molecule has 2 rings (SSSR count). The highest BCUT2D eigenvalue weighted by atomic mass is 16.3. The second-order valence-electron chi connectivity index (χ2n) is 4.13. The molecule has 1 unspecified atom stereocenters. The molecule has 0 aliphatic heterocycles. The van der Waals surface area contributed by atoms with Crippen LogP contribution >= 0.6 is 0 Å². The van der Waals surface area contributed by atoms with Crippen LogP contribution in [-0.2, 0) is 0 Å². The minimum absolute atomic E-state index is 0.423. The molecule has 84 valence electrons. The van der Waals surface area contributed by atoms with Gasteiger partial charge >= 0.3 is 0 Å². The molecule has 0 spiro atoms. The smallest absolute Gasteiger partial charge is 0.134 e. The van der Waals surface area contributed by atoms with Crippen molar-refractivity contribution in [2.24, 2.45) is 0 Å². The monoisotopic (exact) mass is 216 g/mol. The third kappa shape index (κ3) is 1.89. The lowest BCUT2D eigenvalue weighted by Gasteiger charge is -2.03. The Morgan fingerprint density at radius 1 is 1.38 bits per heavy atom. The molecule has 16 heavy (non-hydrogen) atoms. The summed E-state index contributed by atoms with van der Waals surface area (Å²) in [5.74, 6) is 0.890. The van der Waals surface area contributed by atoms with Gasteiger partial charge in [0.1, 0.15) is 11.3 Å². The standard InChI is InChI=1S/C14H16O2/c1-9(10(2)15)8-13-11(3)16-14-7-5-4-6-12(13)14/h4-8,10,15H,1-3H3/b9-8+. The third-order valence-corrected chi connectivity index (χ3v) is 2.85. The highest BCUT2D eigenvalue weighted by Gasteiger charge is 2.09. The van der Waals surface area contributed by atoms with Crippen LogP contribution in [0.5, 0.6) is 0 Å².